The summed E-state index contributed by atoms with van der Waals surface area (Å²) in [7, 11) is 1.94. The second-order valence-electron chi connectivity index (χ2n) is 6.05. The first-order valence-corrected chi connectivity index (χ1v) is 7.84. The topological polar surface area (TPSA) is 46.2 Å². The molecule has 0 aliphatic heterocycles. The first-order chi connectivity index (χ1) is 9.88. The van der Waals surface area contributed by atoms with Gasteiger partial charge in [0.05, 0.1) is 0 Å². The average Bonchev–Trinajstić information content (AvgIpc) is 2.44. The number of phenolic OH excluding ortho intramolecular Hbond substituents is 1. The number of hydrogen-bond acceptors (Lipinski definition) is 2. The van der Waals surface area contributed by atoms with Crippen molar-refractivity contribution in [2.24, 2.45) is 5.92 Å². The van der Waals surface area contributed by atoms with Gasteiger partial charge in [0.25, 0.3) is 0 Å². The molecule has 0 heterocycles. The van der Waals surface area contributed by atoms with Crippen molar-refractivity contribution in [2.75, 3.05) is 5.73 Å². The number of aromatic hydroxyl groups is 1. The molecule has 0 spiro atoms. The molecule has 0 aliphatic rings. The Morgan fingerprint density at radius 3 is 2.67 bits per heavy atom. The van der Waals surface area contributed by atoms with Gasteiger partial charge in [0, 0.05) is 11.3 Å². The van der Waals surface area contributed by atoms with Gasteiger partial charge in [-0.05, 0) is 49.3 Å². The van der Waals surface area contributed by atoms with Gasteiger partial charge < -0.3 is 10.8 Å². The second kappa shape index (κ2) is 7.97. The van der Waals surface area contributed by atoms with Crippen molar-refractivity contribution in [2.45, 2.75) is 47.0 Å². The summed E-state index contributed by atoms with van der Waals surface area (Å²) in [6.45, 7) is 8.47. The molecule has 0 atom stereocenters. The van der Waals surface area contributed by atoms with Crippen LogP contribution in [0, 0.1) is 12.8 Å². The number of nitrogen functional groups attached to an aromatic ring is 1. The first-order valence-electron chi connectivity index (χ1n) is 7.84. The zero-order valence-electron chi connectivity index (χ0n) is 14.0. The van der Waals surface area contributed by atoms with E-state index in [1.807, 2.05) is 20.8 Å². The fourth-order valence-electron chi connectivity index (χ4n) is 2.28. The van der Waals surface area contributed by atoms with E-state index in [1.54, 1.807) is 0 Å². The summed E-state index contributed by atoms with van der Waals surface area (Å²) in [5, 5.41) is 10.4. The third-order valence-electron chi connectivity index (χ3n) is 3.85. The number of rotatable bonds is 6. The molecule has 1 aromatic rings. The van der Waals surface area contributed by atoms with Crippen LogP contribution in [0.4, 0.5) is 5.69 Å². The van der Waals surface area contributed by atoms with Crippen molar-refractivity contribution < 1.29 is 5.11 Å². The summed E-state index contributed by atoms with van der Waals surface area (Å²) in [5.74, 6) is 1.05. The third-order valence-corrected chi connectivity index (χ3v) is 3.85. The minimum Gasteiger partial charge on any atom is -0.507 e. The molecule has 3 heteroatoms. The maximum absolute atomic E-state index is 10.4. The van der Waals surface area contributed by atoms with Crippen molar-refractivity contribution in [1.29, 1.82) is 0 Å². The highest BCUT2D eigenvalue weighted by Gasteiger charge is 2.12. The monoisotopic (exact) mass is 285 g/mol. The molecule has 1 rings (SSSR count). The molecule has 2 nitrogen and oxygen atoms in total. The molecule has 0 saturated carbocycles. The molecule has 0 saturated heterocycles. The van der Waals surface area contributed by atoms with E-state index in [-0.39, 0.29) is 0 Å². The van der Waals surface area contributed by atoms with Crippen LogP contribution in [0.3, 0.4) is 0 Å². The van der Waals surface area contributed by atoms with Gasteiger partial charge in [-0.2, -0.15) is 0 Å². The molecule has 0 fully saturated rings. The highest BCUT2D eigenvalue weighted by Crippen LogP contribution is 2.30. The van der Waals surface area contributed by atoms with Gasteiger partial charge in [-0.1, -0.05) is 44.5 Å². The summed E-state index contributed by atoms with van der Waals surface area (Å²) in [6.07, 6.45) is 9.59. The van der Waals surface area contributed by atoms with Crippen LogP contribution in [0.1, 0.15) is 51.2 Å². The minimum atomic E-state index is 0.343. The third kappa shape index (κ3) is 4.70. The second-order valence-corrected chi connectivity index (χ2v) is 6.05. The zero-order chi connectivity index (χ0) is 16.0. The van der Waals surface area contributed by atoms with Crippen molar-refractivity contribution in [3.63, 3.8) is 0 Å². The Balaban J connectivity index is 3.10. The molecule has 0 aliphatic carbocycles. The Labute approximate surface area is 130 Å². The molecule has 3 N–H and O–H groups in total. The van der Waals surface area contributed by atoms with Gasteiger partial charge in [0.1, 0.15) is 13.6 Å². The Morgan fingerprint density at radius 2 is 2.10 bits per heavy atom. The summed E-state index contributed by atoms with van der Waals surface area (Å²) in [4.78, 5) is 0. The number of allylic oxidation sites excluding steroid dienone is 4. The van der Waals surface area contributed by atoms with E-state index in [0.29, 0.717) is 11.7 Å². The fourth-order valence-corrected chi connectivity index (χ4v) is 2.28. The van der Waals surface area contributed by atoms with Crippen LogP contribution < -0.4 is 11.2 Å². The Kier molecular flexibility index (Phi) is 6.61. The molecule has 114 valence electrons. The summed E-state index contributed by atoms with van der Waals surface area (Å²) >= 11 is 0. The molecule has 0 amide bonds. The highest BCUT2D eigenvalue weighted by molar-refractivity contribution is 6.37. The lowest BCUT2D eigenvalue weighted by atomic mass is 9.85. The number of benzene rings is 1. The van der Waals surface area contributed by atoms with Crippen LogP contribution in [0.2, 0.25) is 0 Å². The first kappa shape index (κ1) is 17.4. The molecule has 1 aromatic carbocycles. The van der Waals surface area contributed by atoms with Gasteiger partial charge in [0.15, 0.2) is 0 Å². The number of hydrogen-bond donors (Lipinski definition) is 2. The molecule has 0 radical (unpaired) electrons. The fraction of sp³-hybridized carbons (Fsp3) is 0.444. The maximum atomic E-state index is 10.4. The molecule has 21 heavy (non-hydrogen) atoms. The van der Waals surface area contributed by atoms with Gasteiger partial charge >= 0.3 is 0 Å². The molecular formula is C18H28BNO. The standard InChI is InChI=1S/C18H28BNO/c1-5-8-14(10-7-6-9-12(2)3)15-11-16(20)17(19)13(4)18(15)21/h7-8,10-12,21H,5-6,9,19-20H2,1-4H3/b10-7-,14-8+. The van der Waals surface area contributed by atoms with Crippen LogP contribution >= 0.6 is 0 Å². The number of nitrogens with two attached hydrogens (primary N) is 1. The summed E-state index contributed by atoms with van der Waals surface area (Å²) in [5.41, 5.74) is 10.5. The molecule has 0 bridgehead atoms. The lowest BCUT2D eigenvalue weighted by Crippen LogP contribution is -2.14. The van der Waals surface area contributed by atoms with Gasteiger partial charge in [-0.25, -0.2) is 0 Å². The van der Waals surface area contributed by atoms with E-state index in [9.17, 15) is 5.11 Å². The maximum Gasteiger partial charge on any atom is 0.142 e. The summed E-state index contributed by atoms with van der Waals surface area (Å²) < 4.78 is 0. The van der Waals surface area contributed by atoms with Crippen LogP contribution in [0.5, 0.6) is 5.75 Å². The predicted molar refractivity (Wildman–Crippen MR) is 96.9 cm³/mol. The van der Waals surface area contributed by atoms with Crippen LogP contribution in [-0.2, 0) is 0 Å². The van der Waals surface area contributed by atoms with Crippen molar-refractivity contribution >= 4 is 24.6 Å². The lowest BCUT2D eigenvalue weighted by molar-refractivity contribution is 0.470. The quantitative estimate of drug-likeness (QED) is 0.364. The van der Waals surface area contributed by atoms with Gasteiger partial charge in [-0.3, -0.25) is 0 Å². The Hall–Kier alpha value is -1.64. The number of anilines is 1. The number of phenols is 1. The van der Waals surface area contributed by atoms with E-state index in [1.165, 1.54) is 6.42 Å². The van der Waals surface area contributed by atoms with Gasteiger partial charge in [0.2, 0.25) is 0 Å². The summed E-state index contributed by atoms with van der Waals surface area (Å²) in [6, 6.07) is 1.88. The van der Waals surface area contributed by atoms with E-state index in [2.05, 4.69) is 39.0 Å². The van der Waals surface area contributed by atoms with E-state index >= 15 is 0 Å². The Morgan fingerprint density at radius 1 is 1.43 bits per heavy atom. The van der Waals surface area contributed by atoms with E-state index < -0.39 is 0 Å². The van der Waals surface area contributed by atoms with Crippen molar-refractivity contribution in [3.05, 3.63) is 35.4 Å². The minimum absolute atomic E-state index is 0.343. The largest absolute Gasteiger partial charge is 0.507 e. The van der Waals surface area contributed by atoms with E-state index in [0.717, 1.165) is 40.7 Å². The van der Waals surface area contributed by atoms with Crippen molar-refractivity contribution in [3.8, 4) is 5.75 Å². The molecule has 0 unspecified atom stereocenters. The SMILES string of the molecule is Bc1c(N)cc(C(/C=C\CCC(C)C)=C/CC)c(O)c1C. The van der Waals surface area contributed by atoms with Crippen molar-refractivity contribution in [1.82, 2.24) is 0 Å². The predicted octanol–water partition coefficient (Wildman–Crippen LogP) is 3.33. The smallest absolute Gasteiger partial charge is 0.142 e. The van der Waals surface area contributed by atoms with E-state index in [4.69, 9.17) is 5.73 Å². The molecular weight excluding hydrogens is 257 g/mol. The average molecular weight is 285 g/mol. The lowest BCUT2D eigenvalue weighted by Gasteiger charge is -2.14. The van der Waals surface area contributed by atoms with Crippen LogP contribution in [-0.4, -0.2) is 13.0 Å². The highest BCUT2D eigenvalue weighted by atomic mass is 16.3. The Bertz CT molecular complexity index is 545. The normalized spacial score (nSPS) is 12.5. The molecule has 0 aromatic heterocycles. The van der Waals surface area contributed by atoms with Gasteiger partial charge in [-0.15, -0.1) is 0 Å². The van der Waals surface area contributed by atoms with Crippen LogP contribution in [0.25, 0.3) is 5.57 Å². The van der Waals surface area contributed by atoms with Crippen LogP contribution in [0.15, 0.2) is 24.3 Å². The zero-order valence-corrected chi connectivity index (χ0v) is 14.0.